The van der Waals surface area contributed by atoms with E-state index in [0.717, 1.165) is 41.7 Å². The number of hydrogen-bond acceptors (Lipinski definition) is 2. The SMILES string of the molecule is Cc1c(C)c2c(c(C)c1O)CCC(C)(CC[PH](C)(C)C)O2. The zero-order valence-corrected chi connectivity index (χ0v) is 15.7. The summed E-state index contributed by atoms with van der Waals surface area (Å²) in [5, 5.41) is 10.2. The molecule has 0 bridgehead atoms. The van der Waals surface area contributed by atoms with Crippen LogP contribution in [0.1, 0.15) is 42.0 Å². The van der Waals surface area contributed by atoms with Crippen LogP contribution in [0.2, 0.25) is 0 Å². The number of benzene rings is 1. The van der Waals surface area contributed by atoms with Crippen molar-refractivity contribution in [1.82, 2.24) is 0 Å². The van der Waals surface area contributed by atoms with Crippen LogP contribution >= 0.6 is 7.26 Å². The van der Waals surface area contributed by atoms with Gasteiger partial charge in [0.1, 0.15) is 0 Å². The summed E-state index contributed by atoms with van der Waals surface area (Å²) in [5.74, 6) is 1.48. The third kappa shape index (κ3) is 3.37. The number of ether oxygens (including phenoxy) is 1. The summed E-state index contributed by atoms with van der Waals surface area (Å²) in [6.45, 7) is 15.6. The van der Waals surface area contributed by atoms with Gasteiger partial charge in [-0.15, -0.1) is 0 Å². The van der Waals surface area contributed by atoms with Crippen molar-refractivity contribution < 1.29 is 9.84 Å². The maximum atomic E-state index is 10.2. The zero-order chi connectivity index (χ0) is 16.0. The van der Waals surface area contributed by atoms with E-state index in [4.69, 9.17) is 4.74 Å². The molecule has 1 unspecified atom stereocenters. The second-order valence-electron chi connectivity index (χ2n) is 8.14. The van der Waals surface area contributed by atoms with Gasteiger partial charge in [-0.3, -0.25) is 0 Å². The van der Waals surface area contributed by atoms with E-state index < -0.39 is 7.26 Å². The third-order valence-corrected chi connectivity index (χ3v) is 6.75. The second kappa shape index (κ2) is 5.47. The Morgan fingerprint density at radius 2 is 1.71 bits per heavy atom. The van der Waals surface area contributed by atoms with E-state index in [1.54, 1.807) is 0 Å². The van der Waals surface area contributed by atoms with Crippen LogP contribution in [0.3, 0.4) is 0 Å². The molecule has 1 aromatic rings. The minimum absolute atomic E-state index is 0.0477. The molecule has 1 atom stereocenters. The van der Waals surface area contributed by atoms with Crippen LogP contribution in [0.5, 0.6) is 11.5 Å². The van der Waals surface area contributed by atoms with Gasteiger partial charge in [-0.25, -0.2) is 0 Å². The molecule has 0 aliphatic carbocycles. The average molecular weight is 310 g/mol. The van der Waals surface area contributed by atoms with E-state index in [1.807, 2.05) is 13.8 Å². The van der Waals surface area contributed by atoms with Crippen LogP contribution in [0.15, 0.2) is 0 Å². The summed E-state index contributed by atoms with van der Waals surface area (Å²) < 4.78 is 6.47. The van der Waals surface area contributed by atoms with Gasteiger partial charge in [0.2, 0.25) is 0 Å². The van der Waals surface area contributed by atoms with Crippen molar-refractivity contribution in [2.75, 3.05) is 26.2 Å². The van der Waals surface area contributed by atoms with Crippen LogP contribution in [0.25, 0.3) is 0 Å². The number of fused-ring (bicyclic) bond motifs is 1. The topological polar surface area (TPSA) is 29.5 Å². The standard InChI is InChI=1S/C18H31O2P/c1-12-13(2)17-15(14(3)16(12)19)8-9-18(4,20-17)10-11-21(5,6)7/h19,21H,8-11H2,1-7H3. The molecule has 21 heavy (non-hydrogen) atoms. The summed E-state index contributed by atoms with van der Waals surface area (Å²) >= 11 is 0. The summed E-state index contributed by atoms with van der Waals surface area (Å²) in [6.07, 6.45) is 4.50. The van der Waals surface area contributed by atoms with Gasteiger partial charge in [-0.05, 0) is 0 Å². The normalized spacial score (nSPS) is 22.6. The molecule has 120 valence electrons. The minimum atomic E-state index is -1.04. The third-order valence-electron chi connectivity index (χ3n) is 5.00. The van der Waals surface area contributed by atoms with Gasteiger partial charge >= 0.3 is 130 Å². The van der Waals surface area contributed by atoms with Gasteiger partial charge in [-0.2, -0.15) is 0 Å². The molecule has 3 heteroatoms. The molecule has 1 aliphatic heterocycles. The Morgan fingerprint density at radius 3 is 2.29 bits per heavy atom. The van der Waals surface area contributed by atoms with Gasteiger partial charge in [0.25, 0.3) is 0 Å². The van der Waals surface area contributed by atoms with Crippen molar-refractivity contribution in [3.05, 3.63) is 22.3 Å². The molecule has 1 N–H and O–H groups in total. The molecular formula is C18H31O2P. The van der Waals surface area contributed by atoms with E-state index in [1.165, 1.54) is 11.7 Å². The van der Waals surface area contributed by atoms with Gasteiger partial charge in [0.15, 0.2) is 0 Å². The fourth-order valence-corrected chi connectivity index (χ4v) is 4.39. The Kier molecular flexibility index (Phi) is 4.32. The molecule has 0 aromatic heterocycles. The molecule has 0 amide bonds. The summed E-state index contributed by atoms with van der Waals surface area (Å²) in [4.78, 5) is 0. The summed E-state index contributed by atoms with van der Waals surface area (Å²) in [6, 6.07) is 0. The average Bonchev–Trinajstić information content (AvgIpc) is 2.40. The molecule has 1 aliphatic rings. The number of rotatable bonds is 3. The van der Waals surface area contributed by atoms with Crippen molar-refractivity contribution in [1.29, 1.82) is 0 Å². The van der Waals surface area contributed by atoms with E-state index in [-0.39, 0.29) is 5.60 Å². The molecule has 1 heterocycles. The summed E-state index contributed by atoms with van der Waals surface area (Å²) in [7, 11) is -1.04. The van der Waals surface area contributed by atoms with Crippen LogP contribution < -0.4 is 4.74 Å². The zero-order valence-electron chi connectivity index (χ0n) is 14.7. The predicted molar refractivity (Wildman–Crippen MR) is 95.2 cm³/mol. The molecule has 1 aromatic carbocycles. The molecule has 0 saturated carbocycles. The van der Waals surface area contributed by atoms with E-state index in [0.29, 0.717) is 5.75 Å². The fraction of sp³-hybridized carbons (Fsp3) is 0.667. The Balaban J connectivity index is 2.32. The first-order chi connectivity index (χ1) is 9.54. The van der Waals surface area contributed by atoms with E-state index in [9.17, 15) is 5.11 Å². The first-order valence-corrected chi connectivity index (χ1v) is 11.8. The molecule has 2 nitrogen and oxygen atoms in total. The van der Waals surface area contributed by atoms with Crippen LogP contribution in [0.4, 0.5) is 0 Å². The molecule has 0 radical (unpaired) electrons. The van der Waals surface area contributed by atoms with Crippen molar-refractivity contribution in [2.45, 2.75) is 52.6 Å². The van der Waals surface area contributed by atoms with Gasteiger partial charge in [-0.1, -0.05) is 0 Å². The van der Waals surface area contributed by atoms with Gasteiger partial charge in [0, 0.05) is 0 Å². The molecule has 0 saturated heterocycles. The predicted octanol–water partition coefficient (Wildman–Crippen LogP) is 4.43. The molecule has 2 rings (SSSR count). The number of aromatic hydroxyl groups is 1. The van der Waals surface area contributed by atoms with E-state index >= 15 is 0 Å². The molecule has 0 spiro atoms. The quantitative estimate of drug-likeness (QED) is 0.837. The Bertz CT molecular complexity index is 558. The fourth-order valence-electron chi connectivity index (χ4n) is 3.11. The van der Waals surface area contributed by atoms with Crippen LogP contribution in [-0.2, 0) is 6.42 Å². The Morgan fingerprint density at radius 1 is 1.10 bits per heavy atom. The van der Waals surface area contributed by atoms with Crippen molar-refractivity contribution >= 4 is 7.26 Å². The Hall–Kier alpha value is -0.750. The number of phenolic OH excluding ortho intramolecular Hbond substituents is 1. The van der Waals surface area contributed by atoms with E-state index in [2.05, 4.69) is 33.8 Å². The molecule has 0 fully saturated rings. The Labute approximate surface area is 130 Å². The van der Waals surface area contributed by atoms with Crippen LogP contribution in [0, 0.1) is 20.8 Å². The summed E-state index contributed by atoms with van der Waals surface area (Å²) in [5.41, 5.74) is 4.22. The first kappa shape index (κ1) is 16.6. The number of hydrogen-bond donors (Lipinski definition) is 1. The second-order valence-corrected chi connectivity index (χ2v) is 13.8. The van der Waals surface area contributed by atoms with Gasteiger partial charge in [0.05, 0.1) is 0 Å². The van der Waals surface area contributed by atoms with Crippen molar-refractivity contribution in [3.8, 4) is 11.5 Å². The monoisotopic (exact) mass is 310 g/mol. The van der Waals surface area contributed by atoms with Gasteiger partial charge < -0.3 is 0 Å². The van der Waals surface area contributed by atoms with Crippen LogP contribution in [-0.4, -0.2) is 36.9 Å². The van der Waals surface area contributed by atoms with Crippen molar-refractivity contribution in [2.24, 2.45) is 0 Å². The molecular weight excluding hydrogens is 279 g/mol. The number of phenols is 1. The van der Waals surface area contributed by atoms with Crippen molar-refractivity contribution in [3.63, 3.8) is 0 Å². The first-order valence-electron chi connectivity index (χ1n) is 8.05. The maximum absolute atomic E-state index is 10.2.